The van der Waals surface area contributed by atoms with Crippen molar-refractivity contribution in [2.75, 3.05) is 6.61 Å². The van der Waals surface area contributed by atoms with Crippen LogP contribution in [0.25, 0.3) is 10.9 Å². The van der Waals surface area contributed by atoms with Gasteiger partial charge in [-0.25, -0.2) is 4.79 Å². The summed E-state index contributed by atoms with van der Waals surface area (Å²) in [4.78, 5) is 15.1. The van der Waals surface area contributed by atoms with Gasteiger partial charge in [-0.15, -0.1) is 0 Å². The monoisotopic (exact) mass is 309 g/mol. The van der Waals surface area contributed by atoms with Crippen molar-refractivity contribution in [2.24, 2.45) is 0 Å². The molecular weight excluding hydrogens is 290 g/mol. The maximum absolute atomic E-state index is 11.9. The van der Waals surface area contributed by atoms with Crippen molar-refractivity contribution in [1.29, 1.82) is 0 Å². The van der Waals surface area contributed by atoms with Gasteiger partial charge in [-0.05, 0) is 43.2 Å². The van der Waals surface area contributed by atoms with E-state index in [1.807, 2.05) is 55.5 Å². The molecule has 0 amide bonds. The van der Waals surface area contributed by atoms with Gasteiger partial charge in [0, 0.05) is 10.9 Å². The molecular formula is C19H19NO3. The van der Waals surface area contributed by atoms with Gasteiger partial charge >= 0.3 is 5.97 Å². The minimum absolute atomic E-state index is 0.326. The summed E-state index contributed by atoms with van der Waals surface area (Å²) < 4.78 is 10.9. The van der Waals surface area contributed by atoms with Crippen molar-refractivity contribution in [3.05, 3.63) is 65.4 Å². The molecule has 1 N–H and O–H groups in total. The number of nitrogens with one attached hydrogen (secondary N) is 1. The predicted molar refractivity (Wildman–Crippen MR) is 89.8 cm³/mol. The van der Waals surface area contributed by atoms with Crippen molar-refractivity contribution < 1.29 is 14.3 Å². The van der Waals surface area contributed by atoms with Crippen molar-refractivity contribution in [2.45, 2.75) is 20.5 Å². The third-order valence-electron chi connectivity index (χ3n) is 3.76. The van der Waals surface area contributed by atoms with Gasteiger partial charge in [0.1, 0.15) is 18.1 Å². The maximum Gasteiger partial charge on any atom is 0.355 e. The first-order chi connectivity index (χ1) is 11.2. The number of fused-ring (bicyclic) bond motifs is 1. The summed E-state index contributed by atoms with van der Waals surface area (Å²) in [5.41, 5.74) is 3.40. The number of ether oxygens (including phenoxy) is 2. The molecule has 1 aromatic heterocycles. The van der Waals surface area contributed by atoms with Crippen LogP contribution in [0.2, 0.25) is 0 Å². The van der Waals surface area contributed by atoms with Crippen LogP contribution in [0.1, 0.15) is 28.5 Å². The number of benzene rings is 2. The van der Waals surface area contributed by atoms with E-state index in [9.17, 15) is 4.79 Å². The van der Waals surface area contributed by atoms with E-state index in [-0.39, 0.29) is 5.97 Å². The molecule has 0 unspecified atom stereocenters. The first-order valence-corrected chi connectivity index (χ1v) is 7.65. The highest BCUT2D eigenvalue weighted by Crippen LogP contribution is 2.27. The number of carbonyl (C=O) groups excluding carboxylic acids is 1. The normalized spacial score (nSPS) is 10.7. The molecule has 3 rings (SSSR count). The molecule has 0 spiro atoms. The Kier molecular flexibility index (Phi) is 4.33. The summed E-state index contributed by atoms with van der Waals surface area (Å²) in [5.74, 6) is 0.451. The Labute approximate surface area is 135 Å². The van der Waals surface area contributed by atoms with Crippen molar-refractivity contribution in [1.82, 2.24) is 4.98 Å². The highest BCUT2D eigenvalue weighted by Gasteiger charge is 2.16. The molecule has 4 heteroatoms. The van der Waals surface area contributed by atoms with E-state index in [4.69, 9.17) is 9.47 Å². The average Bonchev–Trinajstić information content (AvgIpc) is 2.91. The number of carbonyl (C=O) groups is 1. The lowest BCUT2D eigenvalue weighted by Crippen LogP contribution is -2.06. The van der Waals surface area contributed by atoms with E-state index < -0.39 is 0 Å². The lowest BCUT2D eigenvalue weighted by molar-refractivity contribution is 0.0520. The van der Waals surface area contributed by atoms with Gasteiger partial charge in [0.25, 0.3) is 0 Å². The smallest absolute Gasteiger partial charge is 0.355 e. The summed E-state index contributed by atoms with van der Waals surface area (Å²) in [7, 11) is 0. The maximum atomic E-state index is 11.9. The Hall–Kier alpha value is -2.75. The molecule has 1 heterocycles. The molecule has 118 valence electrons. The van der Waals surface area contributed by atoms with Gasteiger partial charge in [-0.3, -0.25) is 0 Å². The van der Waals surface area contributed by atoms with E-state index in [1.165, 1.54) is 0 Å². The highest BCUT2D eigenvalue weighted by molar-refractivity contribution is 5.98. The summed E-state index contributed by atoms with van der Waals surface area (Å²) in [6.07, 6.45) is 0. The molecule has 0 aliphatic heterocycles. The number of hydrogen-bond donors (Lipinski definition) is 1. The zero-order valence-corrected chi connectivity index (χ0v) is 13.3. The van der Waals surface area contributed by atoms with Crippen LogP contribution in [-0.4, -0.2) is 17.6 Å². The standard InChI is InChI=1S/C19H19NO3/c1-3-22-19(21)18-13(2)16-11-15(9-10-17(16)20-18)23-12-14-7-5-4-6-8-14/h4-11,20H,3,12H2,1-2H3. The van der Waals surface area contributed by atoms with Crippen LogP contribution in [0, 0.1) is 6.92 Å². The lowest BCUT2D eigenvalue weighted by atomic mass is 10.1. The van der Waals surface area contributed by atoms with Crippen LogP contribution in [0.3, 0.4) is 0 Å². The number of aromatic amines is 1. The number of H-pyrrole nitrogens is 1. The average molecular weight is 309 g/mol. The lowest BCUT2D eigenvalue weighted by Gasteiger charge is -2.06. The fourth-order valence-electron chi connectivity index (χ4n) is 2.54. The third kappa shape index (κ3) is 3.21. The van der Waals surface area contributed by atoms with Crippen LogP contribution in [-0.2, 0) is 11.3 Å². The van der Waals surface area contributed by atoms with Crippen LogP contribution in [0.5, 0.6) is 5.75 Å². The molecule has 3 aromatic rings. The van der Waals surface area contributed by atoms with Gasteiger partial charge < -0.3 is 14.5 Å². The third-order valence-corrected chi connectivity index (χ3v) is 3.76. The van der Waals surface area contributed by atoms with E-state index in [2.05, 4.69) is 4.98 Å². The predicted octanol–water partition coefficient (Wildman–Crippen LogP) is 4.23. The van der Waals surface area contributed by atoms with Gasteiger partial charge in [-0.2, -0.15) is 0 Å². The van der Waals surface area contributed by atoms with Crippen LogP contribution in [0.15, 0.2) is 48.5 Å². The Morgan fingerprint density at radius 1 is 1.13 bits per heavy atom. The second-order valence-corrected chi connectivity index (χ2v) is 5.33. The Balaban J connectivity index is 1.84. The minimum atomic E-state index is -0.326. The van der Waals surface area contributed by atoms with E-state index >= 15 is 0 Å². The number of aromatic nitrogens is 1. The highest BCUT2D eigenvalue weighted by atomic mass is 16.5. The van der Waals surface area contributed by atoms with Gasteiger partial charge in [0.2, 0.25) is 0 Å². The Bertz CT molecular complexity index is 821. The van der Waals surface area contributed by atoms with Crippen molar-refractivity contribution >= 4 is 16.9 Å². The van der Waals surface area contributed by atoms with E-state index in [0.29, 0.717) is 18.9 Å². The molecule has 0 aliphatic rings. The fraction of sp³-hybridized carbons (Fsp3) is 0.211. The molecule has 0 bridgehead atoms. The summed E-state index contributed by atoms with van der Waals surface area (Å²) in [5, 5.41) is 0.971. The molecule has 0 saturated carbocycles. The van der Waals surface area contributed by atoms with Crippen molar-refractivity contribution in [3.8, 4) is 5.75 Å². The summed E-state index contributed by atoms with van der Waals surface area (Å²) in [6.45, 7) is 4.58. The van der Waals surface area contributed by atoms with Crippen LogP contribution in [0.4, 0.5) is 0 Å². The largest absolute Gasteiger partial charge is 0.489 e. The molecule has 0 atom stereocenters. The Morgan fingerprint density at radius 3 is 2.65 bits per heavy atom. The fourth-order valence-corrected chi connectivity index (χ4v) is 2.54. The Morgan fingerprint density at radius 2 is 1.91 bits per heavy atom. The van der Waals surface area contributed by atoms with Gasteiger partial charge in [0.05, 0.1) is 6.61 Å². The molecule has 4 nitrogen and oxygen atoms in total. The molecule has 23 heavy (non-hydrogen) atoms. The zero-order chi connectivity index (χ0) is 16.2. The van der Waals surface area contributed by atoms with Crippen molar-refractivity contribution in [3.63, 3.8) is 0 Å². The van der Waals surface area contributed by atoms with Gasteiger partial charge in [0.15, 0.2) is 0 Å². The molecule has 0 fully saturated rings. The van der Waals surface area contributed by atoms with E-state index in [1.54, 1.807) is 6.92 Å². The number of hydrogen-bond acceptors (Lipinski definition) is 3. The zero-order valence-electron chi connectivity index (χ0n) is 13.3. The van der Waals surface area contributed by atoms with E-state index in [0.717, 1.165) is 27.8 Å². The first kappa shape index (κ1) is 15.2. The second-order valence-electron chi connectivity index (χ2n) is 5.33. The first-order valence-electron chi connectivity index (χ1n) is 7.65. The molecule has 0 saturated heterocycles. The summed E-state index contributed by atoms with van der Waals surface area (Å²) >= 11 is 0. The quantitative estimate of drug-likeness (QED) is 0.717. The molecule has 2 aromatic carbocycles. The molecule has 0 aliphatic carbocycles. The minimum Gasteiger partial charge on any atom is -0.489 e. The topological polar surface area (TPSA) is 51.3 Å². The number of esters is 1. The molecule has 0 radical (unpaired) electrons. The summed E-state index contributed by atoms with van der Waals surface area (Å²) in [6, 6.07) is 15.8. The second kappa shape index (κ2) is 6.57. The van der Waals surface area contributed by atoms with Crippen LogP contribution < -0.4 is 4.74 Å². The van der Waals surface area contributed by atoms with Crippen LogP contribution >= 0.6 is 0 Å². The SMILES string of the molecule is CCOC(=O)c1[nH]c2ccc(OCc3ccccc3)cc2c1C. The number of aryl methyl sites for hydroxylation is 1. The van der Waals surface area contributed by atoms with Gasteiger partial charge in [-0.1, -0.05) is 30.3 Å². The number of rotatable bonds is 5.